The second-order valence-corrected chi connectivity index (χ2v) is 6.76. The van der Waals surface area contributed by atoms with Crippen molar-refractivity contribution in [2.24, 2.45) is 11.8 Å². The van der Waals surface area contributed by atoms with Crippen LogP contribution in [0.5, 0.6) is 0 Å². The summed E-state index contributed by atoms with van der Waals surface area (Å²) in [6.45, 7) is 6.70. The Balaban J connectivity index is 2.22. The number of hydrogen-bond donors (Lipinski definition) is 1. The molecule has 0 heterocycles. The van der Waals surface area contributed by atoms with E-state index in [1.165, 1.54) is 12.0 Å². The Morgan fingerprint density at radius 3 is 2.33 bits per heavy atom. The molecule has 1 saturated carbocycles. The van der Waals surface area contributed by atoms with Crippen LogP contribution in [0.25, 0.3) is 0 Å². The predicted octanol–water partition coefficient (Wildman–Crippen LogP) is 4.41. The molecule has 18 heavy (non-hydrogen) atoms. The van der Waals surface area contributed by atoms with E-state index in [4.69, 9.17) is 11.6 Å². The highest BCUT2D eigenvalue weighted by Gasteiger charge is 2.39. The maximum atomic E-state index is 10.4. The van der Waals surface area contributed by atoms with Gasteiger partial charge in [0.1, 0.15) is 0 Å². The van der Waals surface area contributed by atoms with Gasteiger partial charge in [-0.3, -0.25) is 0 Å². The van der Waals surface area contributed by atoms with Crippen molar-refractivity contribution >= 4 is 11.6 Å². The lowest BCUT2D eigenvalue weighted by molar-refractivity contribution is 0.0143. The molecule has 2 rings (SSSR count). The van der Waals surface area contributed by atoms with Gasteiger partial charge in [0.05, 0.1) is 6.10 Å². The summed E-state index contributed by atoms with van der Waals surface area (Å²) < 4.78 is 0. The molecule has 1 aromatic rings. The molecule has 3 unspecified atom stereocenters. The topological polar surface area (TPSA) is 20.2 Å². The number of benzene rings is 1. The van der Waals surface area contributed by atoms with Gasteiger partial charge in [0.15, 0.2) is 0 Å². The summed E-state index contributed by atoms with van der Waals surface area (Å²) in [5.41, 5.74) is 1.27. The summed E-state index contributed by atoms with van der Waals surface area (Å²) >= 11 is 5.95. The maximum Gasteiger partial charge on any atom is 0.0579 e. The fourth-order valence-electron chi connectivity index (χ4n) is 3.29. The third-order valence-corrected chi connectivity index (χ3v) is 4.85. The molecule has 1 aliphatic carbocycles. The fraction of sp³-hybridized carbons (Fsp3) is 0.625. The first-order valence-corrected chi connectivity index (χ1v) is 7.23. The van der Waals surface area contributed by atoms with Gasteiger partial charge in [-0.05, 0) is 47.8 Å². The minimum absolute atomic E-state index is 0.00411. The van der Waals surface area contributed by atoms with Gasteiger partial charge in [0, 0.05) is 5.02 Å². The van der Waals surface area contributed by atoms with Crippen LogP contribution >= 0.6 is 11.6 Å². The summed E-state index contributed by atoms with van der Waals surface area (Å²) in [7, 11) is 0. The lowest BCUT2D eigenvalue weighted by Crippen LogP contribution is -2.41. The van der Waals surface area contributed by atoms with Crippen molar-refractivity contribution in [1.29, 1.82) is 0 Å². The van der Waals surface area contributed by atoms with Crippen molar-refractivity contribution in [2.45, 2.75) is 51.6 Å². The molecule has 100 valence electrons. The van der Waals surface area contributed by atoms with Gasteiger partial charge in [-0.25, -0.2) is 0 Å². The first kappa shape index (κ1) is 13.9. The Morgan fingerprint density at radius 1 is 1.17 bits per heavy atom. The molecule has 1 aromatic carbocycles. The van der Waals surface area contributed by atoms with Crippen LogP contribution in [0.15, 0.2) is 24.3 Å². The van der Waals surface area contributed by atoms with Crippen molar-refractivity contribution in [2.75, 3.05) is 0 Å². The summed E-state index contributed by atoms with van der Waals surface area (Å²) in [4.78, 5) is 0. The van der Waals surface area contributed by atoms with E-state index in [1.807, 2.05) is 12.1 Å². The van der Waals surface area contributed by atoms with Crippen LogP contribution in [0, 0.1) is 11.8 Å². The molecule has 0 aliphatic heterocycles. The largest absolute Gasteiger partial charge is 0.393 e. The highest BCUT2D eigenvalue weighted by molar-refractivity contribution is 6.30. The number of aliphatic hydroxyl groups excluding tert-OH is 1. The highest BCUT2D eigenvalue weighted by atomic mass is 35.5. The maximum absolute atomic E-state index is 10.4. The Kier molecular flexibility index (Phi) is 4.03. The molecule has 0 amide bonds. The molecule has 0 radical (unpaired) electrons. The van der Waals surface area contributed by atoms with Crippen LogP contribution < -0.4 is 0 Å². The summed E-state index contributed by atoms with van der Waals surface area (Å²) in [6, 6.07) is 8.06. The molecule has 1 N–H and O–H groups in total. The number of rotatable bonds is 2. The van der Waals surface area contributed by atoms with Gasteiger partial charge in [0.25, 0.3) is 0 Å². The molecule has 0 bridgehead atoms. The smallest absolute Gasteiger partial charge is 0.0579 e. The van der Waals surface area contributed by atoms with Crippen LogP contribution in [0.3, 0.4) is 0 Å². The van der Waals surface area contributed by atoms with E-state index in [1.54, 1.807) is 0 Å². The molecule has 0 aromatic heterocycles. The lowest BCUT2D eigenvalue weighted by Gasteiger charge is -2.42. The van der Waals surface area contributed by atoms with Gasteiger partial charge < -0.3 is 5.11 Å². The number of halogens is 1. The van der Waals surface area contributed by atoms with Gasteiger partial charge in [-0.1, -0.05) is 50.9 Å². The van der Waals surface area contributed by atoms with Gasteiger partial charge in [-0.2, -0.15) is 0 Å². The van der Waals surface area contributed by atoms with E-state index >= 15 is 0 Å². The summed E-state index contributed by atoms with van der Waals surface area (Å²) in [5, 5.41) is 11.1. The quantitative estimate of drug-likeness (QED) is 0.840. The lowest BCUT2D eigenvalue weighted by atomic mass is 9.64. The normalized spacial score (nSPS) is 29.3. The van der Waals surface area contributed by atoms with Crippen LogP contribution in [-0.4, -0.2) is 11.2 Å². The Hall–Kier alpha value is -0.530. The monoisotopic (exact) mass is 266 g/mol. The van der Waals surface area contributed by atoms with E-state index in [0.29, 0.717) is 11.8 Å². The van der Waals surface area contributed by atoms with Crippen LogP contribution in [0.1, 0.15) is 45.6 Å². The third kappa shape index (κ3) is 2.73. The molecular formula is C16H23ClO. The third-order valence-electron chi connectivity index (χ3n) is 4.59. The standard InChI is InChI=1S/C16H23ClO/c1-11-4-9-14(15(18)10-11)16(2,3)12-5-7-13(17)8-6-12/h5-8,11,14-15,18H,4,9-10H2,1-3H3. The fourth-order valence-corrected chi connectivity index (χ4v) is 3.41. The Bertz CT molecular complexity index is 396. The Morgan fingerprint density at radius 2 is 1.78 bits per heavy atom. The average Bonchev–Trinajstić information content (AvgIpc) is 2.29. The van der Waals surface area contributed by atoms with Gasteiger partial charge in [0.2, 0.25) is 0 Å². The minimum atomic E-state index is -0.181. The zero-order valence-electron chi connectivity index (χ0n) is 11.5. The number of hydrogen-bond acceptors (Lipinski definition) is 1. The minimum Gasteiger partial charge on any atom is -0.393 e. The molecule has 0 spiro atoms. The highest BCUT2D eigenvalue weighted by Crippen LogP contribution is 2.42. The molecule has 3 atom stereocenters. The van der Waals surface area contributed by atoms with Crippen LogP contribution in [0.4, 0.5) is 0 Å². The molecule has 1 nitrogen and oxygen atoms in total. The van der Waals surface area contributed by atoms with Crippen molar-refractivity contribution in [3.63, 3.8) is 0 Å². The van der Waals surface area contributed by atoms with Crippen LogP contribution in [0.2, 0.25) is 5.02 Å². The van der Waals surface area contributed by atoms with Crippen molar-refractivity contribution in [3.05, 3.63) is 34.9 Å². The van der Waals surface area contributed by atoms with Crippen LogP contribution in [-0.2, 0) is 5.41 Å². The SMILES string of the molecule is CC1CCC(C(C)(C)c2ccc(Cl)cc2)C(O)C1. The van der Waals surface area contributed by atoms with Gasteiger partial charge >= 0.3 is 0 Å². The van der Waals surface area contributed by atoms with Crippen molar-refractivity contribution < 1.29 is 5.11 Å². The molecule has 2 heteroatoms. The van der Waals surface area contributed by atoms with E-state index in [9.17, 15) is 5.11 Å². The summed E-state index contributed by atoms with van der Waals surface area (Å²) in [5.74, 6) is 0.993. The van der Waals surface area contributed by atoms with Gasteiger partial charge in [-0.15, -0.1) is 0 Å². The Labute approximate surface area is 115 Å². The predicted molar refractivity (Wildman–Crippen MR) is 77.0 cm³/mol. The second-order valence-electron chi connectivity index (χ2n) is 6.32. The molecular weight excluding hydrogens is 244 g/mol. The molecule has 0 saturated heterocycles. The first-order valence-electron chi connectivity index (χ1n) is 6.85. The number of aliphatic hydroxyl groups is 1. The van der Waals surface area contributed by atoms with E-state index < -0.39 is 0 Å². The second kappa shape index (κ2) is 5.22. The van der Waals surface area contributed by atoms with E-state index in [2.05, 4.69) is 32.9 Å². The van der Waals surface area contributed by atoms with E-state index in [-0.39, 0.29) is 11.5 Å². The average molecular weight is 267 g/mol. The zero-order valence-corrected chi connectivity index (χ0v) is 12.2. The molecule has 1 aliphatic rings. The summed E-state index contributed by atoms with van der Waals surface area (Å²) in [6.07, 6.45) is 3.08. The van der Waals surface area contributed by atoms with Crippen molar-refractivity contribution in [1.82, 2.24) is 0 Å². The van der Waals surface area contributed by atoms with E-state index in [0.717, 1.165) is 17.9 Å². The first-order chi connectivity index (χ1) is 8.41. The van der Waals surface area contributed by atoms with Crippen molar-refractivity contribution in [3.8, 4) is 0 Å². The zero-order chi connectivity index (χ0) is 13.3. The molecule has 1 fully saturated rings.